The summed E-state index contributed by atoms with van der Waals surface area (Å²) < 4.78 is 22.3. The summed E-state index contributed by atoms with van der Waals surface area (Å²) in [6.45, 7) is 2.55. The molecule has 1 atom stereocenters. The van der Waals surface area contributed by atoms with Gasteiger partial charge in [-0.15, -0.1) is 0 Å². The maximum atomic E-state index is 11.6. The van der Waals surface area contributed by atoms with Crippen LogP contribution in [-0.2, 0) is 10.0 Å². The fourth-order valence-electron chi connectivity index (χ4n) is 1.84. The minimum absolute atomic E-state index is 0.0617. The normalized spacial score (nSPS) is 16.5. The largest absolute Gasteiger partial charge is 0.338 e. The third-order valence-electron chi connectivity index (χ3n) is 3.30. The Morgan fingerprint density at radius 3 is 2.45 bits per heavy atom. The van der Waals surface area contributed by atoms with E-state index in [-0.39, 0.29) is 17.0 Å². The zero-order chi connectivity index (χ0) is 14.8. The Balaban J connectivity index is 1.91. The molecule has 1 aliphatic rings. The van der Waals surface area contributed by atoms with Gasteiger partial charge in [0.15, 0.2) is 0 Å². The lowest BCUT2D eigenvalue weighted by molar-refractivity contribution is 0.237. The summed E-state index contributed by atoms with van der Waals surface area (Å²) in [4.78, 5) is 11.7. The number of nitrogens with two attached hydrogens (primary N) is 1. The van der Waals surface area contributed by atoms with Crippen molar-refractivity contribution in [3.05, 3.63) is 29.8 Å². The van der Waals surface area contributed by atoms with Gasteiger partial charge in [0.25, 0.3) is 0 Å². The summed E-state index contributed by atoms with van der Waals surface area (Å²) in [5.74, 6) is 0.630. The molecule has 1 fully saturated rings. The lowest BCUT2D eigenvalue weighted by atomic mass is 10.1. The summed E-state index contributed by atoms with van der Waals surface area (Å²) in [6, 6.07) is 5.75. The summed E-state index contributed by atoms with van der Waals surface area (Å²) in [5.41, 5.74) is 0.818. The van der Waals surface area contributed by atoms with Crippen LogP contribution in [0.15, 0.2) is 29.2 Å². The average molecular weight is 297 g/mol. The highest BCUT2D eigenvalue weighted by Gasteiger charge is 2.21. The molecule has 0 saturated heterocycles. The van der Waals surface area contributed by atoms with Crippen LogP contribution in [0.3, 0.4) is 0 Å². The van der Waals surface area contributed by atoms with Crippen molar-refractivity contribution >= 4 is 16.1 Å². The number of carbonyl (C=O) groups is 1. The number of hydrogen-bond acceptors (Lipinski definition) is 3. The number of sulfonamides is 1. The molecule has 0 aromatic heterocycles. The number of benzene rings is 1. The molecular formula is C13H19N3O3S. The number of rotatable bonds is 5. The molecule has 0 bridgehead atoms. The number of amides is 2. The van der Waals surface area contributed by atoms with Crippen LogP contribution in [-0.4, -0.2) is 21.0 Å². The third-order valence-corrected chi connectivity index (χ3v) is 4.23. The van der Waals surface area contributed by atoms with E-state index in [0.29, 0.717) is 12.5 Å². The van der Waals surface area contributed by atoms with Crippen LogP contribution in [0.25, 0.3) is 0 Å². The maximum Gasteiger partial charge on any atom is 0.315 e. The number of nitrogens with one attached hydrogen (secondary N) is 2. The Morgan fingerprint density at radius 2 is 1.95 bits per heavy atom. The highest BCUT2D eigenvalue weighted by atomic mass is 32.2. The second-order valence-electron chi connectivity index (χ2n) is 5.13. The van der Waals surface area contributed by atoms with Gasteiger partial charge in [-0.2, -0.15) is 0 Å². The minimum atomic E-state index is -3.68. The van der Waals surface area contributed by atoms with E-state index >= 15 is 0 Å². The topological polar surface area (TPSA) is 101 Å². The van der Waals surface area contributed by atoms with Crippen molar-refractivity contribution in [2.75, 3.05) is 6.54 Å². The molecule has 20 heavy (non-hydrogen) atoms. The Labute approximate surface area is 118 Å². The molecule has 1 aromatic carbocycles. The van der Waals surface area contributed by atoms with E-state index in [1.807, 2.05) is 6.92 Å². The second kappa shape index (κ2) is 5.80. The Morgan fingerprint density at radius 1 is 1.35 bits per heavy atom. The van der Waals surface area contributed by atoms with Crippen molar-refractivity contribution in [3.8, 4) is 0 Å². The molecule has 2 rings (SSSR count). The molecule has 110 valence electrons. The van der Waals surface area contributed by atoms with E-state index in [9.17, 15) is 13.2 Å². The first-order valence-corrected chi connectivity index (χ1v) is 8.08. The van der Waals surface area contributed by atoms with Crippen molar-refractivity contribution in [2.45, 2.75) is 30.7 Å². The molecule has 2 amide bonds. The van der Waals surface area contributed by atoms with Gasteiger partial charge < -0.3 is 10.6 Å². The zero-order valence-corrected chi connectivity index (χ0v) is 12.1. The highest BCUT2D eigenvalue weighted by molar-refractivity contribution is 7.89. The molecule has 4 N–H and O–H groups in total. The molecule has 1 saturated carbocycles. The Bertz CT molecular complexity index is 579. The lowest BCUT2D eigenvalue weighted by Crippen LogP contribution is -2.38. The van der Waals surface area contributed by atoms with Crippen LogP contribution >= 0.6 is 0 Å². The first-order valence-electron chi connectivity index (χ1n) is 6.53. The van der Waals surface area contributed by atoms with Crippen molar-refractivity contribution < 1.29 is 13.2 Å². The van der Waals surface area contributed by atoms with Gasteiger partial charge in [-0.25, -0.2) is 18.4 Å². The van der Waals surface area contributed by atoms with Gasteiger partial charge in [0.2, 0.25) is 10.0 Å². The summed E-state index contributed by atoms with van der Waals surface area (Å²) in [6.07, 6.45) is 2.37. The van der Waals surface area contributed by atoms with Gasteiger partial charge in [-0.05, 0) is 43.4 Å². The Hall–Kier alpha value is -1.60. The molecule has 1 aliphatic carbocycles. The van der Waals surface area contributed by atoms with Gasteiger partial charge in [0, 0.05) is 6.54 Å². The number of urea groups is 1. The SMILES string of the molecule is CC(NC(=O)NCC1CC1)c1ccc(S(N)(=O)=O)cc1. The number of primary sulfonamides is 1. The van der Waals surface area contributed by atoms with E-state index in [0.717, 1.165) is 5.56 Å². The number of carbonyl (C=O) groups excluding carboxylic acids is 1. The molecule has 1 unspecified atom stereocenters. The van der Waals surface area contributed by atoms with Crippen LogP contribution in [0.5, 0.6) is 0 Å². The summed E-state index contributed by atoms with van der Waals surface area (Å²) in [7, 11) is -3.68. The molecule has 7 heteroatoms. The highest BCUT2D eigenvalue weighted by Crippen LogP contribution is 2.27. The van der Waals surface area contributed by atoms with Crippen LogP contribution in [0.1, 0.15) is 31.4 Å². The van der Waals surface area contributed by atoms with E-state index in [4.69, 9.17) is 5.14 Å². The first kappa shape index (κ1) is 14.8. The van der Waals surface area contributed by atoms with E-state index < -0.39 is 10.0 Å². The molecule has 0 aliphatic heterocycles. The van der Waals surface area contributed by atoms with E-state index in [1.165, 1.54) is 25.0 Å². The predicted molar refractivity (Wildman–Crippen MR) is 75.5 cm³/mol. The van der Waals surface area contributed by atoms with Gasteiger partial charge in [-0.1, -0.05) is 12.1 Å². The third kappa shape index (κ3) is 4.21. The van der Waals surface area contributed by atoms with Crippen molar-refractivity contribution in [1.82, 2.24) is 10.6 Å². The molecule has 0 spiro atoms. The van der Waals surface area contributed by atoms with Gasteiger partial charge in [-0.3, -0.25) is 0 Å². The summed E-state index contributed by atoms with van der Waals surface area (Å²) >= 11 is 0. The molecule has 0 heterocycles. The smallest absolute Gasteiger partial charge is 0.315 e. The fourth-order valence-corrected chi connectivity index (χ4v) is 2.35. The van der Waals surface area contributed by atoms with Gasteiger partial charge >= 0.3 is 6.03 Å². The van der Waals surface area contributed by atoms with Crippen molar-refractivity contribution in [2.24, 2.45) is 11.1 Å². The minimum Gasteiger partial charge on any atom is -0.338 e. The maximum absolute atomic E-state index is 11.6. The molecular weight excluding hydrogens is 278 g/mol. The van der Waals surface area contributed by atoms with Crippen LogP contribution < -0.4 is 15.8 Å². The molecule has 1 aromatic rings. The van der Waals surface area contributed by atoms with Crippen LogP contribution in [0.2, 0.25) is 0 Å². The zero-order valence-electron chi connectivity index (χ0n) is 11.3. The monoisotopic (exact) mass is 297 g/mol. The van der Waals surface area contributed by atoms with Crippen molar-refractivity contribution in [3.63, 3.8) is 0 Å². The average Bonchev–Trinajstić information content (AvgIpc) is 3.19. The van der Waals surface area contributed by atoms with E-state index in [2.05, 4.69) is 10.6 Å². The number of hydrogen-bond donors (Lipinski definition) is 3. The standard InChI is InChI=1S/C13H19N3O3S/c1-9(16-13(17)15-8-10-2-3-10)11-4-6-12(7-5-11)20(14,18)19/h4-7,9-10H,2-3,8H2,1H3,(H2,14,18,19)(H2,15,16,17). The van der Waals surface area contributed by atoms with Crippen molar-refractivity contribution in [1.29, 1.82) is 0 Å². The molecule has 6 nitrogen and oxygen atoms in total. The lowest BCUT2D eigenvalue weighted by Gasteiger charge is -2.15. The van der Waals surface area contributed by atoms with E-state index in [1.54, 1.807) is 12.1 Å². The second-order valence-corrected chi connectivity index (χ2v) is 6.69. The first-order chi connectivity index (χ1) is 9.36. The van der Waals surface area contributed by atoms with Gasteiger partial charge in [0.05, 0.1) is 10.9 Å². The van der Waals surface area contributed by atoms with Crippen LogP contribution in [0.4, 0.5) is 4.79 Å². The quantitative estimate of drug-likeness (QED) is 0.758. The fraction of sp³-hybridized carbons (Fsp3) is 0.462. The van der Waals surface area contributed by atoms with Gasteiger partial charge in [0.1, 0.15) is 0 Å². The summed E-state index contributed by atoms with van der Waals surface area (Å²) in [5, 5.41) is 10.7. The predicted octanol–water partition coefficient (Wildman–Crippen LogP) is 1.10. The molecule has 0 radical (unpaired) electrons. The van der Waals surface area contributed by atoms with Crippen LogP contribution in [0, 0.1) is 5.92 Å². The Kier molecular flexibility index (Phi) is 4.29.